The van der Waals surface area contributed by atoms with Crippen molar-refractivity contribution in [2.45, 2.75) is 65.7 Å². The third kappa shape index (κ3) is 2.99. The van der Waals surface area contributed by atoms with Crippen molar-refractivity contribution in [3.05, 3.63) is 0 Å². The van der Waals surface area contributed by atoms with Crippen LogP contribution in [0.3, 0.4) is 0 Å². The first-order valence-electron chi connectivity index (χ1n) is 6.77. The van der Waals surface area contributed by atoms with Crippen LogP contribution in [-0.4, -0.2) is 11.1 Å². The van der Waals surface area contributed by atoms with E-state index in [0.29, 0.717) is 11.8 Å². The molecule has 0 heterocycles. The van der Waals surface area contributed by atoms with Gasteiger partial charge in [0.15, 0.2) is 0 Å². The summed E-state index contributed by atoms with van der Waals surface area (Å²) >= 11 is 0. The Balaban J connectivity index is 2.75. The van der Waals surface area contributed by atoms with Crippen LogP contribution in [0.2, 0.25) is 0 Å². The molecule has 1 aliphatic carbocycles. The molecule has 1 rings (SSSR count). The molecule has 0 bridgehead atoms. The van der Waals surface area contributed by atoms with Crippen LogP contribution in [0.25, 0.3) is 0 Å². The average molecular weight is 226 g/mol. The first-order chi connectivity index (χ1) is 7.54. The van der Waals surface area contributed by atoms with Crippen molar-refractivity contribution in [3.8, 4) is 0 Å². The summed E-state index contributed by atoms with van der Waals surface area (Å²) in [4.78, 5) is 11.6. The van der Waals surface area contributed by atoms with E-state index in [2.05, 4.69) is 20.8 Å². The first kappa shape index (κ1) is 13.5. The van der Waals surface area contributed by atoms with Gasteiger partial charge in [-0.2, -0.15) is 0 Å². The van der Waals surface area contributed by atoms with Crippen molar-refractivity contribution in [2.75, 3.05) is 0 Å². The molecule has 0 spiro atoms. The lowest BCUT2D eigenvalue weighted by atomic mass is 9.65. The minimum absolute atomic E-state index is 0.408. The second-order valence-electron chi connectivity index (χ2n) is 5.67. The molecule has 1 aliphatic rings. The maximum absolute atomic E-state index is 11.6. The summed E-state index contributed by atoms with van der Waals surface area (Å²) in [5.74, 6) is 0.617. The number of carbonyl (C=O) groups is 1. The molecule has 1 saturated carbocycles. The van der Waals surface area contributed by atoms with Gasteiger partial charge in [-0.3, -0.25) is 4.79 Å². The van der Waals surface area contributed by atoms with Crippen molar-refractivity contribution >= 4 is 5.97 Å². The SMILES string of the molecule is CCC(C)CC1(C(=O)O)CCCC(CC)C1. The van der Waals surface area contributed by atoms with Crippen molar-refractivity contribution in [1.29, 1.82) is 0 Å². The number of carboxylic acids is 1. The van der Waals surface area contributed by atoms with Gasteiger partial charge in [0, 0.05) is 0 Å². The summed E-state index contributed by atoms with van der Waals surface area (Å²) < 4.78 is 0. The topological polar surface area (TPSA) is 37.3 Å². The van der Waals surface area contributed by atoms with Gasteiger partial charge in [-0.05, 0) is 31.1 Å². The Morgan fingerprint density at radius 3 is 2.69 bits per heavy atom. The van der Waals surface area contributed by atoms with Gasteiger partial charge in [-0.25, -0.2) is 0 Å². The van der Waals surface area contributed by atoms with E-state index in [-0.39, 0.29) is 0 Å². The predicted octanol–water partition coefficient (Wildman–Crippen LogP) is 4.09. The summed E-state index contributed by atoms with van der Waals surface area (Å²) in [7, 11) is 0. The number of aliphatic carboxylic acids is 1. The van der Waals surface area contributed by atoms with Crippen LogP contribution in [0.5, 0.6) is 0 Å². The van der Waals surface area contributed by atoms with Crippen LogP contribution in [0, 0.1) is 17.3 Å². The summed E-state index contributed by atoms with van der Waals surface area (Å²) in [5, 5.41) is 9.55. The standard InChI is InChI=1S/C14H26O2/c1-4-11(3)9-14(13(15)16)8-6-7-12(5-2)10-14/h11-12H,4-10H2,1-3H3,(H,15,16). The second-order valence-corrected chi connectivity index (χ2v) is 5.67. The van der Waals surface area contributed by atoms with E-state index in [9.17, 15) is 9.90 Å². The van der Waals surface area contributed by atoms with Gasteiger partial charge in [0.2, 0.25) is 0 Å². The van der Waals surface area contributed by atoms with E-state index >= 15 is 0 Å². The average Bonchev–Trinajstić information content (AvgIpc) is 2.28. The number of carboxylic acid groups (broad SMARTS) is 1. The maximum atomic E-state index is 11.6. The molecular weight excluding hydrogens is 200 g/mol. The zero-order chi connectivity index (χ0) is 12.2. The van der Waals surface area contributed by atoms with Crippen molar-refractivity contribution < 1.29 is 9.90 Å². The molecule has 0 aliphatic heterocycles. The normalized spacial score (nSPS) is 32.3. The molecule has 1 N–H and O–H groups in total. The van der Waals surface area contributed by atoms with Crippen LogP contribution < -0.4 is 0 Å². The molecule has 0 saturated heterocycles. The first-order valence-corrected chi connectivity index (χ1v) is 6.77. The predicted molar refractivity (Wildman–Crippen MR) is 66.4 cm³/mol. The van der Waals surface area contributed by atoms with Gasteiger partial charge in [0.1, 0.15) is 0 Å². The molecule has 2 nitrogen and oxygen atoms in total. The van der Waals surface area contributed by atoms with Gasteiger partial charge in [0.05, 0.1) is 5.41 Å². The minimum Gasteiger partial charge on any atom is -0.481 e. The molecule has 94 valence electrons. The molecule has 0 amide bonds. The summed E-state index contributed by atoms with van der Waals surface area (Å²) in [5.41, 5.74) is -0.408. The summed E-state index contributed by atoms with van der Waals surface area (Å²) in [6.07, 6.45) is 7.22. The fourth-order valence-electron chi connectivity index (χ4n) is 3.11. The third-order valence-electron chi connectivity index (χ3n) is 4.41. The Bertz CT molecular complexity index is 233. The van der Waals surface area contributed by atoms with E-state index in [0.717, 1.165) is 38.5 Å². The molecule has 0 aromatic carbocycles. The Morgan fingerprint density at radius 2 is 2.19 bits per heavy atom. The molecule has 0 aromatic heterocycles. The molecule has 1 fully saturated rings. The molecular formula is C14H26O2. The minimum atomic E-state index is -0.550. The monoisotopic (exact) mass is 226 g/mol. The van der Waals surface area contributed by atoms with Crippen molar-refractivity contribution in [3.63, 3.8) is 0 Å². The highest BCUT2D eigenvalue weighted by Gasteiger charge is 2.42. The molecule has 3 atom stereocenters. The lowest BCUT2D eigenvalue weighted by molar-refractivity contribution is -0.153. The number of hydrogen-bond donors (Lipinski definition) is 1. The van der Waals surface area contributed by atoms with Crippen molar-refractivity contribution in [2.24, 2.45) is 17.3 Å². The zero-order valence-electron chi connectivity index (χ0n) is 11.0. The molecule has 0 radical (unpaired) electrons. The van der Waals surface area contributed by atoms with Crippen LogP contribution in [0.4, 0.5) is 0 Å². The summed E-state index contributed by atoms with van der Waals surface area (Å²) in [6, 6.07) is 0. The van der Waals surface area contributed by atoms with Gasteiger partial charge in [-0.1, -0.05) is 46.5 Å². The summed E-state index contributed by atoms with van der Waals surface area (Å²) in [6.45, 7) is 6.52. The van der Waals surface area contributed by atoms with E-state index < -0.39 is 11.4 Å². The number of rotatable bonds is 5. The van der Waals surface area contributed by atoms with Gasteiger partial charge in [-0.15, -0.1) is 0 Å². The quantitative estimate of drug-likeness (QED) is 0.766. The highest BCUT2D eigenvalue weighted by molar-refractivity contribution is 5.74. The molecule has 16 heavy (non-hydrogen) atoms. The van der Waals surface area contributed by atoms with E-state index in [1.165, 1.54) is 6.42 Å². The highest BCUT2D eigenvalue weighted by Crippen LogP contribution is 2.45. The lowest BCUT2D eigenvalue weighted by Crippen LogP contribution is -2.37. The second kappa shape index (κ2) is 5.70. The molecule has 0 aromatic rings. The lowest BCUT2D eigenvalue weighted by Gasteiger charge is -2.39. The third-order valence-corrected chi connectivity index (χ3v) is 4.41. The molecule has 3 unspecified atom stereocenters. The van der Waals surface area contributed by atoms with Crippen molar-refractivity contribution in [1.82, 2.24) is 0 Å². The van der Waals surface area contributed by atoms with E-state index in [1.807, 2.05) is 0 Å². The van der Waals surface area contributed by atoms with Crippen LogP contribution in [-0.2, 0) is 4.79 Å². The van der Waals surface area contributed by atoms with Crippen LogP contribution in [0.15, 0.2) is 0 Å². The van der Waals surface area contributed by atoms with E-state index in [1.54, 1.807) is 0 Å². The number of hydrogen-bond acceptors (Lipinski definition) is 1. The maximum Gasteiger partial charge on any atom is 0.309 e. The Kier molecular flexibility index (Phi) is 4.82. The van der Waals surface area contributed by atoms with Crippen LogP contribution >= 0.6 is 0 Å². The zero-order valence-corrected chi connectivity index (χ0v) is 11.0. The van der Waals surface area contributed by atoms with E-state index in [4.69, 9.17) is 0 Å². The largest absolute Gasteiger partial charge is 0.481 e. The Labute approximate surface area is 99.4 Å². The van der Waals surface area contributed by atoms with Gasteiger partial charge >= 0.3 is 5.97 Å². The van der Waals surface area contributed by atoms with Gasteiger partial charge in [0.25, 0.3) is 0 Å². The fraction of sp³-hybridized carbons (Fsp3) is 0.929. The Morgan fingerprint density at radius 1 is 1.50 bits per heavy atom. The Hall–Kier alpha value is -0.530. The van der Waals surface area contributed by atoms with Crippen LogP contribution in [0.1, 0.15) is 65.7 Å². The van der Waals surface area contributed by atoms with Gasteiger partial charge < -0.3 is 5.11 Å². The smallest absolute Gasteiger partial charge is 0.309 e. The highest BCUT2D eigenvalue weighted by atomic mass is 16.4. The molecule has 2 heteroatoms. The fourth-order valence-corrected chi connectivity index (χ4v) is 3.11.